The summed E-state index contributed by atoms with van der Waals surface area (Å²) in [5.74, 6) is 1.07. The minimum atomic E-state index is 0.905. The third kappa shape index (κ3) is 1.51. The highest BCUT2D eigenvalue weighted by Gasteiger charge is 2.30. The van der Waals surface area contributed by atoms with E-state index in [2.05, 4.69) is 5.32 Å². The van der Waals surface area contributed by atoms with Crippen LogP contribution in [0.5, 0.6) is 0 Å². The van der Waals surface area contributed by atoms with Gasteiger partial charge in [-0.15, -0.1) is 0 Å². The van der Waals surface area contributed by atoms with Gasteiger partial charge in [-0.3, -0.25) is 0 Å². The van der Waals surface area contributed by atoms with Gasteiger partial charge in [0.1, 0.15) is 0 Å². The first-order valence-corrected chi connectivity index (χ1v) is 4.70. The van der Waals surface area contributed by atoms with E-state index in [1.54, 1.807) is 0 Å². The van der Waals surface area contributed by atoms with Crippen molar-refractivity contribution >= 4 is 0 Å². The summed E-state index contributed by atoms with van der Waals surface area (Å²) >= 11 is 0. The Bertz CT molecular complexity index is 99.3. The van der Waals surface area contributed by atoms with E-state index in [0.717, 1.165) is 12.0 Å². The van der Waals surface area contributed by atoms with Crippen LogP contribution in [-0.4, -0.2) is 12.6 Å². The van der Waals surface area contributed by atoms with E-state index in [1.165, 1.54) is 45.1 Å². The Morgan fingerprint density at radius 2 is 1.80 bits per heavy atom. The van der Waals surface area contributed by atoms with Gasteiger partial charge in [0.2, 0.25) is 0 Å². The Morgan fingerprint density at radius 1 is 0.900 bits per heavy atom. The third-order valence-corrected chi connectivity index (χ3v) is 2.79. The summed E-state index contributed by atoms with van der Waals surface area (Å²) in [7, 11) is 0. The topological polar surface area (TPSA) is 12.0 Å². The van der Waals surface area contributed by atoms with Crippen LogP contribution in [0.25, 0.3) is 0 Å². The minimum Gasteiger partial charge on any atom is -0.314 e. The fourth-order valence-corrected chi connectivity index (χ4v) is 1.96. The van der Waals surface area contributed by atoms with Crippen molar-refractivity contribution < 1.29 is 0 Å². The van der Waals surface area contributed by atoms with Crippen molar-refractivity contribution in [3.05, 3.63) is 0 Å². The average molecular weight is 139 g/mol. The summed E-state index contributed by atoms with van der Waals surface area (Å²) < 4.78 is 0. The van der Waals surface area contributed by atoms with Gasteiger partial charge in [-0.05, 0) is 38.1 Å². The van der Waals surface area contributed by atoms with Gasteiger partial charge in [0.15, 0.2) is 0 Å². The second kappa shape index (κ2) is 2.91. The lowest BCUT2D eigenvalue weighted by Crippen LogP contribution is -2.29. The molecule has 0 aromatic rings. The highest BCUT2D eigenvalue weighted by Crippen LogP contribution is 2.35. The maximum atomic E-state index is 3.64. The average Bonchev–Trinajstić information content (AvgIpc) is 2.76. The molecule has 1 heteroatoms. The number of rotatable bonds is 1. The van der Waals surface area contributed by atoms with Crippen LogP contribution >= 0.6 is 0 Å². The molecule has 0 amide bonds. The predicted octanol–water partition coefficient (Wildman–Crippen LogP) is 1.93. The lowest BCUT2D eigenvalue weighted by molar-refractivity contribution is 0.460. The van der Waals surface area contributed by atoms with Crippen molar-refractivity contribution in [2.75, 3.05) is 6.54 Å². The fourth-order valence-electron chi connectivity index (χ4n) is 1.96. The molecule has 2 aliphatic rings. The molecule has 10 heavy (non-hydrogen) atoms. The zero-order chi connectivity index (χ0) is 6.81. The SMILES string of the molecule is C1CCNC(C2CC2)CC1. The number of hydrogen-bond acceptors (Lipinski definition) is 1. The third-order valence-electron chi connectivity index (χ3n) is 2.79. The van der Waals surface area contributed by atoms with Gasteiger partial charge in [0.05, 0.1) is 0 Å². The van der Waals surface area contributed by atoms with Crippen molar-refractivity contribution in [2.45, 2.75) is 44.6 Å². The second-order valence-electron chi connectivity index (χ2n) is 3.75. The summed E-state index contributed by atoms with van der Waals surface area (Å²) in [4.78, 5) is 0. The molecule has 1 heterocycles. The molecule has 0 aromatic heterocycles. The van der Waals surface area contributed by atoms with E-state index in [4.69, 9.17) is 0 Å². The van der Waals surface area contributed by atoms with Gasteiger partial charge in [-0.25, -0.2) is 0 Å². The Morgan fingerprint density at radius 3 is 2.60 bits per heavy atom. The molecule has 0 spiro atoms. The van der Waals surface area contributed by atoms with Crippen molar-refractivity contribution in [3.8, 4) is 0 Å². The fraction of sp³-hybridized carbons (Fsp3) is 1.00. The quantitative estimate of drug-likeness (QED) is 0.585. The van der Waals surface area contributed by atoms with Gasteiger partial charge in [-0.2, -0.15) is 0 Å². The minimum absolute atomic E-state index is 0.905. The Balaban J connectivity index is 1.81. The van der Waals surface area contributed by atoms with Crippen LogP contribution in [0.3, 0.4) is 0 Å². The molecular formula is C9H17N. The molecule has 1 N–H and O–H groups in total. The van der Waals surface area contributed by atoms with Gasteiger partial charge in [0, 0.05) is 6.04 Å². The largest absolute Gasteiger partial charge is 0.314 e. The molecule has 1 aliphatic heterocycles. The molecule has 58 valence electrons. The first-order chi connectivity index (χ1) is 4.97. The molecular weight excluding hydrogens is 122 g/mol. The van der Waals surface area contributed by atoms with Crippen LogP contribution in [0.4, 0.5) is 0 Å². The summed E-state index contributed by atoms with van der Waals surface area (Å²) in [6, 6.07) is 0.905. The van der Waals surface area contributed by atoms with Gasteiger partial charge in [-0.1, -0.05) is 12.8 Å². The van der Waals surface area contributed by atoms with Gasteiger partial charge in [0.25, 0.3) is 0 Å². The van der Waals surface area contributed by atoms with E-state index < -0.39 is 0 Å². The maximum Gasteiger partial charge on any atom is 0.00953 e. The first kappa shape index (κ1) is 6.66. The smallest absolute Gasteiger partial charge is 0.00953 e. The predicted molar refractivity (Wildman–Crippen MR) is 43.0 cm³/mol. The molecule has 2 fully saturated rings. The molecule has 2 rings (SSSR count). The van der Waals surface area contributed by atoms with E-state index in [0.29, 0.717) is 0 Å². The van der Waals surface area contributed by atoms with E-state index in [1.807, 2.05) is 0 Å². The second-order valence-corrected chi connectivity index (χ2v) is 3.75. The lowest BCUT2D eigenvalue weighted by Gasteiger charge is -2.13. The molecule has 1 saturated carbocycles. The summed E-state index contributed by atoms with van der Waals surface area (Å²) in [5.41, 5.74) is 0. The van der Waals surface area contributed by atoms with Crippen molar-refractivity contribution in [1.82, 2.24) is 5.32 Å². The zero-order valence-corrected chi connectivity index (χ0v) is 6.60. The van der Waals surface area contributed by atoms with Crippen molar-refractivity contribution in [2.24, 2.45) is 5.92 Å². The van der Waals surface area contributed by atoms with E-state index in [9.17, 15) is 0 Å². The molecule has 1 saturated heterocycles. The van der Waals surface area contributed by atoms with Crippen LogP contribution in [0.1, 0.15) is 38.5 Å². The molecule has 1 unspecified atom stereocenters. The van der Waals surface area contributed by atoms with E-state index in [-0.39, 0.29) is 0 Å². The number of hydrogen-bond donors (Lipinski definition) is 1. The number of nitrogens with one attached hydrogen (secondary N) is 1. The molecule has 1 nitrogen and oxygen atoms in total. The molecule has 0 aromatic carbocycles. The lowest BCUT2D eigenvalue weighted by atomic mass is 10.1. The molecule has 0 radical (unpaired) electrons. The normalized spacial score (nSPS) is 35.4. The Hall–Kier alpha value is -0.0400. The van der Waals surface area contributed by atoms with Crippen molar-refractivity contribution in [1.29, 1.82) is 0 Å². The molecule has 0 bridgehead atoms. The van der Waals surface area contributed by atoms with Crippen LogP contribution in [0.15, 0.2) is 0 Å². The van der Waals surface area contributed by atoms with Crippen molar-refractivity contribution in [3.63, 3.8) is 0 Å². The molecule has 1 atom stereocenters. The van der Waals surface area contributed by atoms with Crippen LogP contribution < -0.4 is 5.32 Å². The van der Waals surface area contributed by atoms with Gasteiger partial charge >= 0.3 is 0 Å². The summed E-state index contributed by atoms with van der Waals surface area (Å²) in [6.45, 7) is 1.28. The van der Waals surface area contributed by atoms with E-state index >= 15 is 0 Å². The Labute approximate surface area is 63.2 Å². The highest BCUT2D eigenvalue weighted by molar-refractivity contribution is 4.87. The van der Waals surface area contributed by atoms with Crippen LogP contribution in [-0.2, 0) is 0 Å². The van der Waals surface area contributed by atoms with Gasteiger partial charge < -0.3 is 5.32 Å². The summed E-state index contributed by atoms with van der Waals surface area (Å²) in [6.07, 6.45) is 8.77. The standard InChI is InChI=1S/C9H17N/c1-2-4-9(8-5-6-8)10-7-3-1/h8-10H,1-7H2. The monoisotopic (exact) mass is 139 g/mol. The Kier molecular flexibility index (Phi) is 1.94. The first-order valence-electron chi connectivity index (χ1n) is 4.70. The molecule has 1 aliphatic carbocycles. The van der Waals surface area contributed by atoms with Crippen LogP contribution in [0, 0.1) is 5.92 Å². The zero-order valence-electron chi connectivity index (χ0n) is 6.60. The van der Waals surface area contributed by atoms with Crippen LogP contribution in [0.2, 0.25) is 0 Å². The maximum absolute atomic E-state index is 3.64. The summed E-state index contributed by atoms with van der Waals surface area (Å²) in [5, 5.41) is 3.64. The highest BCUT2D eigenvalue weighted by atomic mass is 14.9.